The molecule has 13 atom stereocenters. The first kappa shape index (κ1) is 21.4. The summed E-state index contributed by atoms with van der Waals surface area (Å²) in [4.78, 5) is 2.81. The van der Waals surface area contributed by atoms with Crippen molar-refractivity contribution in [2.24, 2.45) is 52.8 Å². The van der Waals surface area contributed by atoms with E-state index in [2.05, 4.69) is 25.7 Å². The van der Waals surface area contributed by atoms with E-state index < -0.39 is 5.60 Å². The molecule has 6 fully saturated rings. The largest absolute Gasteiger partial charge is 0.393 e. The van der Waals surface area contributed by atoms with E-state index in [-0.39, 0.29) is 29.5 Å². The zero-order chi connectivity index (χ0) is 21.7. The highest BCUT2D eigenvalue weighted by Crippen LogP contribution is 2.68. The summed E-state index contributed by atoms with van der Waals surface area (Å²) in [7, 11) is 0. The first-order valence-electron chi connectivity index (χ1n) is 13.5. The Hall–Kier alpha value is -0.160. The van der Waals surface area contributed by atoms with Crippen LogP contribution in [0.5, 0.6) is 0 Å². The lowest BCUT2D eigenvalue weighted by Gasteiger charge is -2.59. The van der Waals surface area contributed by atoms with Gasteiger partial charge in [0.25, 0.3) is 0 Å². The minimum absolute atomic E-state index is 0.0760. The number of rotatable bonds is 0. The van der Waals surface area contributed by atoms with E-state index in [9.17, 15) is 15.3 Å². The van der Waals surface area contributed by atoms with Gasteiger partial charge in [0.2, 0.25) is 0 Å². The molecule has 6 rings (SSSR count). The number of piperidine rings is 2. The van der Waals surface area contributed by atoms with E-state index in [4.69, 9.17) is 0 Å². The summed E-state index contributed by atoms with van der Waals surface area (Å²) >= 11 is 0. The van der Waals surface area contributed by atoms with Gasteiger partial charge in [0.1, 0.15) is 0 Å². The summed E-state index contributed by atoms with van der Waals surface area (Å²) in [5, 5.41) is 33.8. The molecular formula is C27H45NO3. The lowest BCUT2D eigenvalue weighted by molar-refractivity contribution is -0.176. The number of nitrogens with zero attached hydrogens (tertiary/aromatic N) is 1. The van der Waals surface area contributed by atoms with Crippen molar-refractivity contribution in [3.8, 4) is 0 Å². The molecule has 0 spiro atoms. The van der Waals surface area contributed by atoms with Crippen LogP contribution in [0.15, 0.2) is 0 Å². The first-order valence-corrected chi connectivity index (χ1v) is 13.5. The van der Waals surface area contributed by atoms with Gasteiger partial charge in [0.05, 0.1) is 17.8 Å². The van der Waals surface area contributed by atoms with Gasteiger partial charge >= 0.3 is 0 Å². The zero-order valence-corrected chi connectivity index (χ0v) is 19.9. The summed E-state index contributed by atoms with van der Waals surface area (Å²) in [6.45, 7) is 9.76. The maximum Gasteiger partial charge on any atom is 0.0711 e. The second-order valence-corrected chi connectivity index (χ2v) is 13.3. The minimum atomic E-state index is -0.579. The first-order chi connectivity index (χ1) is 14.7. The van der Waals surface area contributed by atoms with E-state index in [0.717, 1.165) is 62.3 Å². The van der Waals surface area contributed by atoms with Gasteiger partial charge < -0.3 is 15.3 Å². The fourth-order valence-corrected chi connectivity index (χ4v) is 10.6. The summed E-state index contributed by atoms with van der Waals surface area (Å²) in [5.74, 6) is 4.30. The standard InChI is InChI=1S/C27H45NO3/c1-15-4-5-24-16(2)18-7-9-27(31)20(19(18)14-28(24)13-15)11-21-22(27)12-25(30)23-10-17(29)6-8-26(21,23)3/h15-25,29-31H,4-14H2,1-3H3/t15-,16+,17+,18+,19+,20-,21-,22+,23+,24-,25-,26+,27-/m0/s1. The Labute approximate surface area is 188 Å². The fraction of sp³-hybridized carbons (Fsp3) is 1.00. The Morgan fingerprint density at radius 2 is 1.58 bits per heavy atom. The van der Waals surface area contributed by atoms with E-state index in [1.54, 1.807) is 0 Å². The van der Waals surface area contributed by atoms with E-state index >= 15 is 0 Å². The molecule has 4 aliphatic carbocycles. The predicted octanol–water partition coefficient (Wildman–Crippen LogP) is 3.68. The molecule has 0 unspecified atom stereocenters. The summed E-state index contributed by atoms with van der Waals surface area (Å²) in [6, 6.07) is 0.760. The van der Waals surface area contributed by atoms with Crippen molar-refractivity contribution in [1.82, 2.24) is 4.90 Å². The highest BCUT2D eigenvalue weighted by atomic mass is 16.3. The Kier molecular flexibility index (Phi) is 4.94. The van der Waals surface area contributed by atoms with Gasteiger partial charge in [-0.25, -0.2) is 0 Å². The second-order valence-electron chi connectivity index (χ2n) is 13.3. The van der Waals surface area contributed by atoms with E-state index in [0.29, 0.717) is 17.8 Å². The van der Waals surface area contributed by atoms with Crippen molar-refractivity contribution < 1.29 is 15.3 Å². The highest BCUT2D eigenvalue weighted by Gasteiger charge is 2.67. The lowest BCUT2D eigenvalue weighted by Crippen LogP contribution is -2.62. The Morgan fingerprint density at radius 3 is 2.39 bits per heavy atom. The molecule has 2 aliphatic heterocycles. The van der Waals surface area contributed by atoms with Gasteiger partial charge in [-0.2, -0.15) is 0 Å². The third-order valence-electron chi connectivity index (χ3n) is 12.1. The SMILES string of the molecule is C[C@H]1CC[C@H]2[C@H](C)[C@H]3CC[C@@]4(O)[C@@H]5C[C@H](O)[C@H]6C[C@H](O)CC[C@]6(C)[C@H]5C[C@H]4[C@@H]3CN2C1. The average Bonchev–Trinajstić information content (AvgIpc) is 3.03. The monoisotopic (exact) mass is 431 g/mol. The van der Waals surface area contributed by atoms with Crippen LogP contribution in [0.3, 0.4) is 0 Å². The number of hydrogen-bond acceptors (Lipinski definition) is 4. The molecule has 176 valence electrons. The lowest BCUT2D eigenvalue weighted by atomic mass is 9.50. The summed E-state index contributed by atoms with van der Waals surface area (Å²) in [6.07, 6.45) is 8.78. The van der Waals surface area contributed by atoms with Crippen molar-refractivity contribution in [2.45, 2.75) is 102 Å². The number of fused-ring (bicyclic) bond motifs is 8. The van der Waals surface area contributed by atoms with Gasteiger partial charge in [-0.05, 0) is 111 Å². The maximum absolute atomic E-state index is 12.3. The molecule has 2 saturated heterocycles. The fourth-order valence-electron chi connectivity index (χ4n) is 10.6. The smallest absolute Gasteiger partial charge is 0.0711 e. The van der Waals surface area contributed by atoms with Crippen molar-refractivity contribution in [1.29, 1.82) is 0 Å². The summed E-state index contributed by atoms with van der Waals surface area (Å²) < 4.78 is 0. The van der Waals surface area contributed by atoms with Crippen LogP contribution < -0.4 is 0 Å². The molecular weight excluding hydrogens is 386 g/mol. The van der Waals surface area contributed by atoms with Crippen LogP contribution in [0.25, 0.3) is 0 Å². The topological polar surface area (TPSA) is 63.9 Å². The second kappa shape index (κ2) is 7.17. The third-order valence-corrected chi connectivity index (χ3v) is 12.1. The molecule has 4 saturated carbocycles. The van der Waals surface area contributed by atoms with Crippen LogP contribution >= 0.6 is 0 Å². The molecule has 6 aliphatic rings. The maximum atomic E-state index is 12.3. The van der Waals surface area contributed by atoms with Gasteiger partial charge in [-0.1, -0.05) is 20.8 Å². The molecule has 4 heteroatoms. The molecule has 3 N–H and O–H groups in total. The number of hydrogen-bond donors (Lipinski definition) is 3. The quantitative estimate of drug-likeness (QED) is 0.547. The molecule has 0 radical (unpaired) electrons. The zero-order valence-electron chi connectivity index (χ0n) is 19.9. The molecule has 0 aromatic heterocycles. The van der Waals surface area contributed by atoms with Crippen molar-refractivity contribution in [3.05, 3.63) is 0 Å². The Balaban J connectivity index is 1.32. The number of aliphatic hydroxyl groups is 3. The molecule has 0 bridgehead atoms. The number of aliphatic hydroxyl groups excluding tert-OH is 2. The van der Waals surface area contributed by atoms with Crippen molar-refractivity contribution in [3.63, 3.8) is 0 Å². The molecule has 2 heterocycles. The third kappa shape index (κ3) is 2.93. The molecule has 0 aromatic carbocycles. The van der Waals surface area contributed by atoms with Gasteiger partial charge in [-0.15, -0.1) is 0 Å². The van der Waals surface area contributed by atoms with Gasteiger partial charge in [-0.3, -0.25) is 4.90 Å². The molecule has 0 aromatic rings. The van der Waals surface area contributed by atoms with Crippen molar-refractivity contribution >= 4 is 0 Å². The molecule has 0 amide bonds. The average molecular weight is 432 g/mol. The predicted molar refractivity (Wildman–Crippen MR) is 121 cm³/mol. The van der Waals surface area contributed by atoms with Gasteiger partial charge in [0.15, 0.2) is 0 Å². The van der Waals surface area contributed by atoms with Crippen LogP contribution in [0.1, 0.15) is 78.6 Å². The van der Waals surface area contributed by atoms with E-state index in [1.165, 1.54) is 32.4 Å². The van der Waals surface area contributed by atoms with Crippen LogP contribution in [-0.2, 0) is 0 Å². The van der Waals surface area contributed by atoms with Crippen LogP contribution in [-0.4, -0.2) is 57.2 Å². The summed E-state index contributed by atoms with van der Waals surface area (Å²) in [5.41, 5.74) is -0.503. The van der Waals surface area contributed by atoms with Crippen molar-refractivity contribution in [2.75, 3.05) is 13.1 Å². The Morgan fingerprint density at radius 1 is 0.774 bits per heavy atom. The van der Waals surface area contributed by atoms with Crippen LogP contribution in [0.4, 0.5) is 0 Å². The molecule has 31 heavy (non-hydrogen) atoms. The molecule has 4 nitrogen and oxygen atoms in total. The van der Waals surface area contributed by atoms with E-state index in [1.807, 2.05) is 0 Å². The minimum Gasteiger partial charge on any atom is -0.393 e. The van der Waals surface area contributed by atoms with Gasteiger partial charge in [0, 0.05) is 19.1 Å². The van der Waals surface area contributed by atoms with Crippen LogP contribution in [0, 0.1) is 52.8 Å². The highest BCUT2D eigenvalue weighted by molar-refractivity contribution is 5.17. The Bertz CT molecular complexity index is 713. The van der Waals surface area contributed by atoms with Crippen LogP contribution in [0.2, 0.25) is 0 Å². The normalized spacial score (nSPS) is 61.5.